The van der Waals surface area contributed by atoms with Gasteiger partial charge in [0.05, 0.1) is 24.4 Å². The topological polar surface area (TPSA) is 67.4 Å². The summed E-state index contributed by atoms with van der Waals surface area (Å²) >= 11 is 0. The molecular weight excluding hydrogens is 323 g/mol. The van der Waals surface area contributed by atoms with Crippen molar-refractivity contribution in [3.63, 3.8) is 0 Å². The SMILES string of the molecule is COC(=O)c1ccc(NC(=O)[C@H]2NCC[C@@H]2C2CCCCC2)c(F)c1. The molecule has 136 valence electrons. The number of methoxy groups -OCH3 is 1. The molecule has 25 heavy (non-hydrogen) atoms. The van der Waals surface area contributed by atoms with Crippen LogP contribution in [0.25, 0.3) is 0 Å². The largest absolute Gasteiger partial charge is 0.465 e. The van der Waals surface area contributed by atoms with Gasteiger partial charge in [0, 0.05) is 0 Å². The van der Waals surface area contributed by atoms with Gasteiger partial charge >= 0.3 is 5.97 Å². The molecule has 0 unspecified atom stereocenters. The fraction of sp³-hybridized carbons (Fsp3) is 0.579. The van der Waals surface area contributed by atoms with E-state index in [9.17, 15) is 14.0 Å². The predicted octanol–water partition coefficient (Wildman–Crippen LogP) is 3.11. The lowest BCUT2D eigenvalue weighted by atomic mass is 9.76. The predicted molar refractivity (Wildman–Crippen MR) is 92.8 cm³/mol. The number of amides is 1. The number of esters is 1. The normalized spacial score (nSPS) is 24.1. The Morgan fingerprint density at radius 1 is 1.20 bits per heavy atom. The van der Waals surface area contributed by atoms with E-state index >= 15 is 0 Å². The van der Waals surface area contributed by atoms with Gasteiger partial charge in [-0.15, -0.1) is 0 Å². The van der Waals surface area contributed by atoms with Crippen molar-refractivity contribution in [2.75, 3.05) is 19.0 Å². The Hall–Kier alpha value is -1.95. The molecule has 1 saturated heterocycles. The highest BCUT2D eigenvalue weighted by molar-refractivity contribution is 5.96. The van der Waals surface area contributed by atoms with Gasteiger partial charge in [-0.1, -0.05) is 32.1 Å². The minimum absolute atomic E-state index is 0.0914. The number of carbonyl (C=O) groups excluding carboxylic acids is 2. The molecule has 1 aliphatic carbocycles. The van der Waals surface area contributed by atoms with Crippen LogP contribution in [0.1, 0.15) is 48.9 Å². The molecule has 1 aliphatic heterocycles. The van der Waals surface area contributed by atoms with Crippen molar-refractivity contribution >= 4 is 17.6 Å². The van der Waals surface area contributed by atoms with E-state index in [1.54, 1.807) is 0 Å². The van der Waals surface area contributed by atoms with E-state index in [2.05, 4.69) is 15.4 Å². The Morgan fingerprint density at radius 2 is 1.96 bits per heavy atom. The van der Waals surface area contributed by atoms with Crippen LogP contribution in [0.2, 0.25) is 0 Å². The number of anilines is 1. The highest BCUT2D eigenvalue weighted by Gasteiger charge is 2.38. The Kier molecular flexibility index (Phi) is 5.68. The zero-order valence-corrected chi connectivity index (χ0v) is 14.5. The van der Waals surface area contributed by atoms with Crippen LogP contribution in [0.15, 0.2) is 18.2 Å². The zero-order valence-electron chi connectivity index (χ0n) is 14.5. The van der Waals surface area contributed by atoms with Crippen LogP contribution in [0.5, 0.6) is 0 Å². The quantitative estimate of drug-likeness (QED) is 0.821. The summed E-state index contributed by atoms with van der Waals surface area (Å²) in [4.78, 5) is 24.1. The Morgan fingerprint density at radius 3 is 2.64 bits per heavy atom. The highest BCUT2D eigenvalue weighted by atomic mass is 19.1. The van der Waals surface area contributed by atoms with Crippen molar-refractivity contribution in [1.82, 2.24) is 5.32 Å². The van der Waals surface area contributed by atoms with Gasteiger partial charge in [0.25, 0.3) is 0 Å². The number of hydrogen-bond donors (Lipinski definition) is 2. The standard InChI is InChI=1S/C19H25FN2O3/c1-25-19(24)13-7-8-16(15(20)11-13)22-18(23)17-14(9-10-21-17)12-5-3-2-4-6-12/h7-8,11-12,14,17,21H,2-6,9-10H2,1H3,(H,22,23)/t14-,17+/m1/s1. The summed E-state index contributed by atoms with van der Waals surface area (Å²) in [6.07, 6.45) is 7.10. The summed E-state index contributed by atoms with van der Waals surface area (Å²) in [6, 6.07) is 3.67. The van der Waals surface area contributed by atoms with Crippen LogP contribution in [-0.2, 0) is 9.53 Å². The van der Waals surface area contributed by atoms with Crippen molar-refractivity contribution in [2.24, 2.45) is 11.8 Å². The third-order valence-corrected chi connectivity index (χ3v) is 5.46. The van der Waals surface area contributed by atoms with E-state index in [0.717, 1.165) is 19.0 Å². The van der Waals surface area contributed by atoms with Crippen LogP contribution < -0.4 is 10.6 Å². The Balaban J connectivity index is 1.67. The van der Waals surface area contributed by atoms with Crippen LogP contribution in [0.4, 0.5) is 10.1 Å². The van der Waals surface area contributed by atoms with Crippen LogP contribution in [-0.4, -0.2) is 31.6 Å². The minimum atomic E-state index is -0.636. The van der Waals surface area contributed by atoms with Crippen molar-refractivity contribution in [2.45, 2.75) is 44.6 Å². The molecule has 1 heterocycles. The van der Waals surface area contributed by atoms with Crippen molar-refractivity contribution in [1.29, 1.82) is 0 Å². The van der Waals surface area contributed by atoms with Crippen LogP contribution in [0.3, 0.4) is 0 Å². The molecule has 1 aromatic carbocycles. The van der Waals surface area contributed by atoms with Gasteiger partial charge in [0.2, 0.25) is 5.91 Å². The first kappa shape index (κ1) is 17.9. The van der Waals surface area contributed by atoms with E-state index in [-0.39, 0.29) is 23.2 Å². The molecule has 2 aliphatic rings. The summed E-state index contributed by atoms with van der Waals surface area (Å²) in [5.41, 5.74) is 0.214. The smallest absolute Gasteiger partial charge is 0.337 e. The highest BCUT2D eigenvalue weighted by Crippen LogP contribution is 2.36. The molecule has 6 heteroatoms. The second kappa shape index (κ2) is 7.95. The van der Waals surface area contributed by atoms with Gasteiger partial charge in [-0.2, -0.15) is 0 Å². The Labute approximate surface area is 147 Å². The number of hydrogen-bond acceptors (Lipinski definition) is 4. The van der Waals surface area contributed by atoms with Crippen LogP contribution in [0, 0.1) is 17.7 Å². The van der Waals surface area contributed by atoms with Gasteiger partial charge in [-0.3, -0.25) is 4.79 Å². The van der Waals surface area contributed by atoms with Gasteiger partial charge in [0.15, 0.2) is 0 Å². The van der Waals surface area contributed by atoms with Crippen molar-refractivity contribution < 1.29 is 18.7 Å². The summed E-state index contributed by atoms with van der Waals surface area (Å²) < 4.78 is 18.8. The molecule has 0 bridgehead atoms. The molecule has 5 nitrogen and oxygen atoms in total. The van der Waals surface area contributed by atoms with Crippen molar-refractivity contribution in [3.05, 3.63) is 29.6 Å². The average Bonchev–Trinajstić information content (AvgIpc) is 3.13. The van der Waals surface area contributed by atoms with E-state index in [1.807, 2.05) is 0 Å². The van der Waals surface area contributed by atoms with E-state index in [4.69, 9.17) is 0 Å². The van der Waals surface area contributed by atoms with Gasteiger partial charge in [-0.05, 0) is 43.0 Å². The number of ether oxygens (including phenoxy) is 1. The second-order valence-corrected chi connectivity index (χ2v) is 6.96. The molecule has 1 amide bonds. The molecule has 0 radical (unpaired) electrons. The average molecular weight is 348 g/mol. The fourth-order valence-electron chi connectivity index (χ4n) is 4.15. The molecule has 0 spiro atoms. The molecular formula is C19H25FN2O3. The summed E-state index contributed by atoms with van der Waals surface area (Å²) in [5.74, 6) is -0.545. The number of nitrogens with one attached hydrogen (secondary N) is 2. The van der Waals surface area contributed by atoms with Crippen LogP contribution >= 0.6 is 0 Å². The first-order valence-corrected chi connectivity index (χ1v) is 9.02. The zero-order chi connectivity index (χ0) is 17.8. The minimum Gasteiger partial charge on any atom is -0.465 e. The lowest BCUT2D eigenvalue weighted by Crippen LogP contribution is -2.42. The fourth-order valence-corrected chi connectivity index (χ4v) is 4.15. The molecule has 2 atom stereocenters. The number of benzene rings is 1. The third-order valence-electron chi connectivity index (χ3n) is 5.46. The molecule has 1 aromatic rings. The van der Waals surface area contributed by atoms with E-state index < -0.39 is 11.8 Å². The maximum absolute atomic E-state index is 14.2. The van der Waals surface area contributed by atoms with Gasteiger partial charge in [0.1, 0.15) is 5.82 Å². The van der Waals surface area contributed by atoms with E-state index in [0.29, 0.717) is 11.8 Å². The van der Waals surface area contributed by atoms with Gasteiger partial charge in [-0.25, -0.2) is 9.18 Å². The van der Waals surface area contributed by atoms with Crippen molar-refractivity contribution in [3.8, 4) is 0 Å². The summed E-state index contributed by atoms with van der Waals surface area (Å²) in [5, 5.41) is 5.95. The lowest BCUT2D eigenvalue weighted by Gasteiger charge is -2.30. The molecule has 0 aromatic heterocycles. The van der Waals surface area contributed by atoms with E-state index in [1.165, 1.54) is 51.3 Å². The molecule has 2 N–H and O–H groups in total. The molecule has 2 fully saturated rings. The molecule has 3 rings (SSSR count). The summed E-state index contributed by atoms with van der Waals surface area (Å²) in [7, 11) is 1.24. The van der Waals surface area contributed by atoms with Gasteiger partial charge < -0.3 is 15.4 Å². The number of carbonyl (C=O) groups is 2. The lowest BCUT2D eigenvalue weighted by molar-refractivity contribution is -0.119. The first-order chi connectivity index (χ1) is 12.1. The second-order valence-electron chi connectivity index (χ2n) is 6.96. The number of halogens is 1. The monoisotopic (exact) mass is 348 g/mol. The third kappa shape index (κ3) is 4.00. The summed E-state index contributed by atoms with van der Waals surface area (Å²) in [6.45, 7) is 0.822. The first-order valence-electron chi connectivity index (χ1n) is 9.02. The maximum Gasteiger partial charge on any atom is 0.337 e. The number of rotatable bonds is 4. The molecule has 1 saturated carbocycles. The maximum atomic E-state index is 14.2. The Bertz CT molecular complexity index is 644.